The molecule has 1 aromatic heterocycles. The van der Waals surface area contributed by atoms with Crippen LogP contribution in [0.1, 0.15) is 10.5 Å². The van der Waals surface area contributed by atoms with Gasteiger partial charge in [0.05, 0.1) is 18.5 Å². The summed E-state index contributed by atoms with van der Waals surface area (Å²) in [5, 5.41) is 5.01. The number of para-hydroxylation sites is 1. The largest absolute Gasteiger partial charge is 0.464 e. The maximum absolute atomic E-state index is 11.8. The molecule has 5 heteroatoms. The summed E-state index contributed by atoms with van der Waals surface area (Å²) < 4.78 is 6.48. The van der Waals surface area contributed by atoms with E-state index < -0.39 is 5.97 Å². The fourth-order valence-electron chi connectivity index (χ4n) is 2.18. The maximum Gasteiger partial charge on any atom is 0.358 e. The van der Waals surface area contributed by atoms with E-state index >= 15 is 0 Å². The first-order valence-corrected chi connectivity index (χ1v) is 7.06. The van der Waals surface area contributed by atoms with Gasteiger partial charge < -0.3 is 4.74 Å². The molecule has 0 fully saturated rings. The van der Waals surface area contributed by atoms with Crippen LogP contribution in [-0.2, 0) is 4.74 Å². The number of esters is 1. The number of nitrogens with zero attached hydrogens (tertiary/aromatic N) is 2. The van der Waals surface area contributed by atoms with Crippen molar-refractivity contribution in [3.63, 3.8) is 0 Å². The number of rotatable bonds is 3. The second-order valence-electron chi connectivity index (χ2n) is 4.66. The Labute approximate surface area is 132 Å². The number of ether oxygens (including phenoxy) is 1. The third-order valence-corrected chi connectivity index (χ3v) is 3.50. The van der Waals surface area contributed by atoms with E-state index in [1.54, 1.807) is 22.9 Å². The number of aromatic nitrogens is 2. The molecule has 110 valence electrons. The van der Waals surface area contributed by atoms with Crippen molar-refractivity contribution in [3.05, 3.63) is 71.4 Å². The van der Waals surface area contributed by atoms with E-state index in [-0.39, 0.29) is 5.69 Å². The van der Waals surface area contributed by atoms with Gasteiger partial charge in [0.25, 0.3) is 0 Å². The number of carbonyl (C=O) groups excluding carboxylic acids is 1. The lowest BCUT2D eigenvalue weighted by Crippen LogP contribution is -2.04. The predicted molar refractivity (Wildman–Crippen MR) is 85.3 cm³/mol. The van der Waals surface area contributed by atoms with Crippen LogP contribution in [-0.4, -0.2) is 22.9 Å². The van der Waals surface area contributed by atoms with Crippen molar-refractivity contribution >= 4 is 17.6 Å². The third-order valence-electron chi connectivity index (χ3n) is 3.24. The molecule has 1 heterocycles. The lowest BCUT2D eigenvalue weighted by Gasteiger charge is -2.07. The van der Waals surface area contributed by atoms with Crippen molar-refractivity contribution in [2.75, 3.05) is 7.11 Å². The van der Waals surface area contributed by atoms with Gasteiger partial charge in [-0.05, 0) is 30.3 Å². The minimum absolute atomic E-state index is 0.260. The van der Waals surface area contributed by atoms with Crippen LogP contribution in [0.2, 0.25) is 5.02 Å². The molecule has 2 aromatic carbocycles. The van der Waals surface area contributed by atoms with Gasteiger partial charge in [-0.25, -0.2) is 9.48 Å². The van der Waals surface area contributed by atoms with Crippen molar-refractivity contribution in [1.29, 1.82) is 0 Å². The SMILES string of the molecule is COC(=O)c1cc(-c2ccc(Cl)cc2)n(-c2ccccc2)n1. The molecule has 3 aromatic rings. The molecule has 0 aliphatic heterocycles. The topological polar surface area (TPSA) is 44.1 Å². The fraction of sp³-hybridized carbons (Fsp3) is 0.0588. The molecular formula is C17H13ClN2O2. The van der Waals surface area contributed by atoms with E-state index in [9.17, 15) is 4.79 Å². The molecule has 0 amide bonds. The summed E-state index contributed by atoms with van der Waals surface area (Å²) in [5.41, 5.74) is 2.83. The number of halogens is 1. The van der Waals surface area contributed by atoms with Crippen LogP contribution in [0.4, 0.5) is 0 Å². The molecule has 0 saturated carbocycles. The van der Waals surface area contributed by atoms with Gasteiger partial charge >= 0.3 is 5.97 Å². The fourth-order valence-corrected chi connectivity index (χ4v) is 2.30. The minimum Gasteiger partial charge on any atom is -0.464 e. The first-order chi connectivity index (χ1) is 10.7. The molecule has 0 aliphatic rings. The summed E-state index contributed by atoms with van der Waals surface area (Å²) in [5.74, 6) is -0.468. The zero-order chi connectivity index (χ0) is 15.5. The summed E-state index contributed by atoms with van der Waals surface area (Å²) in [4.78, 5) is 11.8. The zero-order valence-electron chi connectivity index (χ0n) is 11.9. The molecule has 0 atom stereocenters. The van der Waals surface area contributed by atoms with Crippen LogP contribution in [0.5, 0.6) is 0 Å². The Kier molecular flexibility index (Phi) is 3.94. The smallest absolute Gasteiger partial charge is 0.358 e. The highest BCUT2D eigenvalue weighted by molar-refractivity contribution is 6.30. The van der Waals surface area contributed by atoms with Crippen molar-refractivity contribution in [1.82, 2.24) is 9.78 Å². The van der Waals surface area contributed by atoms with Crippen LogP contribution in [0.3, 0.4) is 0 Å². The van der Waals surface area contributed by atoms with Crippen molar-refractivity contribution < 1.29 is 9.53 Å². The van der Waals surface area contributed by atoms with Crippen LogP contribution in [0.25, 0.3) is 16.9 Å². The maximum atomic E-state index is 11.8. The molecule has 0 bridgehead atoms. The van der Waals surface area contributed by atoms with Crippen LogP contribution in [0.15, 0.2) is 60.7 Å². The minimum atomic E-state index is -0.468. The van der Waals surface area contributed by atoms with Gasteiger partial charge in [-0.15, -0.1) is 0 Å². The van der Waals surface area contributed by atoms with Crippen LogP contribution >= 0.6 is 11.6 Å². The molecule has 0 spiro atoms. The Bertz CT molecular complexity index is 795. The third kappa shape index (κ3) is 2.73. The molecule has 0 unspecified atom stereocenters. The summed E-state index contributed by atoms with van der Waals surface area (Å²) in [7, 11) is 1.34. The summed E-state index contributed by atoms with van der Waals surface area (Å²) in [6.07, 6.45) is 0. The van der Waals surface area contributed by atoms with E-state index in [0.717, 1.165) is 16.9 Å². The van der Waals surface area contributed by atoms with Gasteiger partial charge in [0, 0.05) is 10.6 Å². The van der Waals surface area contributed by atoms with E-state index in [1.807, 2.05) is 42.5 Å². The first-order valence-electron chi connectivity index (χ1n) is 6.69. The lowest BCUT2D eigenvalue weighted by molar-refractivity contribution is 0.0593. The Morgan fingerprint density at radius 2 is 1.77 bits per heavy atom. The highest BCUT2D eigenvalue weighted by Gasteiger charge is 2.16. The Hall–Kier alpha value is -2.59. The number of hydrogen-bond donors (Lipinski definition) is 0. The van der Waals surface area contributed by atoms with Gasteiger partial charge in [-0.2, -0.15) is 5.10 Å². The van der Waals surface area contributed by atoms with Crippen molar-refractivity contribution in [2.45, 2.75) is 0 Å². The second kappa shape index (κ2) is 6.03. The van der Waals surface area contributed by atoms with E-state index in [4.69, 9.17) is 16.3 Å². The Morgan fingerprint density at radius 3 is 2.41 bits per heavy atom. The standard InChI is InChI=1S/C17H13ClN2O2/c1-22-17(21)15-11-16(12-7-9-13(18)10-8-12)20(19-15)14-5-3-2-4-6-14/h2-11H,1H3. The average Bonchev–Trinajstić information content (AvgIpc) is 3.01. The Balaban J connectivity index is 2.17. The number of benzene rings is 2. The van der Waals surface area contributed by atoms with Gasteiger partial charge in [0.15, 0.2) is 5.69 Å². The van der Waals surface area contributed by atoms with Gasteiger partial charge in [-0.1, -0.05) is 41.9 Å². The van der Waals surface area contributed by atoms with Gasteiger partial charge in [0.2, 0.25) is 0 Å². The van der Waals surface area contributed by atoms with Crippen molar-refractivity contribution in [2.24, 2.45) is 0 Å². The molecule has 0 saturated heterocycles. The highest BCUT2D eigenvalue weighted by Crippen LogP contribution is 2.25. The second-order valence-corrected chi connectivity index (χ2v) is 5.10. The lowest BCUT2D eigenvalue weighted by atomic mass is 10.1. The highest BCUT2D eigenvalue weighted by atomic mass is 35.5. The molecule has 0 aliphatic carbocycles. The van der Waals surface area contributed by atoms with Crippen LogP contribution in [0, 0.1) is 0 Å². The first kappa shape index (κ1) is 14.4. The van der Waals surface area contributed by atoms with E-state index in [1.165, 1.54) is 7.11 Å². The summed E-state index contributed by atoms with van der Waals surface area (Å²) in [6, 6.07) is 18.7. The zero-order valence-corrected chi connectivity index (χ0v) is 12.6. The summed E-state index contributed by atoms with van der Waals surface area (Å²) >= 11 is 5.94. The van der Waals surface area contributed by atoms with E-state index in [2.05, 4.69) is 5.10 Å². The van der Waals surface area contributed by atoms with Crippen LogP contribution < -0.4 is 0 Å². The Morgan fingerprint density at radius 1 is 1.09 bits per heavy atom. The molecule has 3 rings (SSSR count). The molecule has 0 N–H and O–H groups in total. The van der Waals surface area contributed by atoms with Gasteiger partial charge in [0.1, 0.15) is 0 Å². The predicted octanol–water partition coefficient (Wildman–Crippen LogP) is 3.98. The van der Waals surface area contributed by atoms with Gasteiger partial charge in [-0.3, -0.25) is 0 Å². The van der Waals surface area contributed by atoms with E-state index in [0.29, 0.717) is 5.02 Å². The molecule has 4 nitrogen and oxygen atoms in total. The molecule has 22 heavy (non-hydrogen) atoms. The van der Waals surface area contributed by atoms with Crippen molar-refractivity contribution in [3.8, 4) is 16.9 Å². The number of hydrogen-bond acceptors (Lipinski definition) is 3. The quantitative estimate of drug-likeness (QED) is 0.687. The molecular weight excluding hydrogens is 300 g/mol. The summed E-state index contributed by atoms with van der Waals surface area (Å²) in [6.45, 7) is 0. The number of methoxy groups -OCH3 is 1. The number of carbonyl (C=O) groups is 1. The monoisotopic (exact) mass is 312 g/mol. The normalized spacial score (nSPS) is 10.5. The molecule has 0 radical (unpaired) electrons. The average molecular weight is 313 g/mol.